The van der Waals surface area contributed by atoms with E-state index in [0.717, 1.165) is 6.42 Å². The highest BCUT2D eigenvalue weighted by Gasteiger charge is 2.01. The van der Waals surface area contributed by atoms with E-state index < -0.39 is 0 Å². The topological polar surface area (TPSA) is 38.9 Å². The minimum atomic E-state index is 0.633. The Hall–Kier alpha value is -0.710. The maximum Gasteiger partial charge on any atom is 0.0977 e. The molecule has 0 aliphatic heterocycles. The van der Waals surface area contributed by atoms with E-state index in [4.69, 9.17) is 5.73 Å². The molecule has 0 saturated carbocycles. The van der Waals surface area contributed by atoms with Crippen LogP contribution in [0.4, 0.5) is 0 Å². The molecule has 2 nitrogen and oxygen atoms in total. The van der Waals surface area contributed by atoms with E-state index in [0.29, 0.717) is 6.54 Å². The first kappa shape index (κ1) is 8.87. The molecule has 2 aromatic rings. The molecule has 0 radical (unpaired) electrons. The molecule has 0 unspecified atom stereocenters. The van der Waals surface area contributed by atoms with Crippen molar-refractivity contribution in [3.05, 3.63) is 38.5 Å². The van der Waals surface area contributed by atoms with E-state index >= 15 is 0 Å². The molecule has 13 heavy (non-hydrogen) atoms. The Morgan fingerprint density at radius 2 is 2.31 bits per heavy atom. The van der Waals surface area contributed by atoms with Gasteiger partial charge in [0.15, 0.2) is 0 Å². The zero-order valence-corrected chi connectivity index (χ0v) is 8.70. The van der Waals surface area contributed by atoms with Crippen molar-refractivity contribution in [3.63, 3.8) is 0 Å². The summed E-state index contributed by atoms with van der Waals surface area (Å²) in [5, 5.41) is 5.29. The number of aromatic nitrogens is 1. The highest BCUT2D eigenvalue weighted by Crippen LogP contribution is 2.19. The highest BCUT2D eigenvalue weighted by atomic mass is 32.1. The molecule has 2 rings (SSSR count). The van der Waals surface area contributed by atoms with E-state index in [2.05, 4.69) is 16.4 Å². The van der Waals surface area contributed by atoms with Gasteiger partial charge in [0.25, 0.3) is 0 Å². The average molecular weight is 210 g/mol. The molecule has 0 aliphatic carbocycles. The van der Waals surface area contributed by atoms with Gasteiger partial charge in [0.05, 0.1) is 5.01 Å². The first-order valence-electron chi connectivity index (χ1n) is 4.03. The number of hydrogen-bond donors (Lipinski definition) is 1. The van der Waals surface area contributed by atoms with E-state index in [9.17, 15) is 0 Å². The lowest BCUT2D eigenvalue weighted by atomic mass is 10.3. The molecule has 0 spiro atoms. The van der Waals surface area contributed by atoms with Gasteiger partial charge in [0.2, 0.25) is 0 Å². The van der Waals surface area contributed by atoms with Crippen molar-refractivity contribution in [2.45, 2.75) is 13.0 Å². The molecule has 4 heteroatoms. The van der Waals surface area contributed by atoms with Gasteiger partial charge in [-0.25, -0.2) is 4.98 Å². The fourth-order valence-electron chi connectivity index (χ4n) is 1.12. The lowest BCUT2D eigenvalue weighted by Gasteiger charge is -1.90. The van der Waals surface area contributed by atoms with E-state index in [1.54, 1.807) is 22.7 Å². The van der Waals surface area contributed by atoms with Crippen LogP contribution in [0, 0.1) is 0 Å². The smallest absolute Gasteiger partial charge is 0.0977 e. The van der Waals surface area contributed by atoms with Crippen molar-refractivity contribution in [1.82, 2.24) is 4.98 Å². The third-order valence-corrected chi connectivity index (χ3v) is 3.52. The summed E-state index contributed by atoms with van der Waals surface area (Å²) >= 11 is 3.46. The SMILES string of the molecule is NCc1csc(Cc2nccs2)c1. The van der Waals surface area contributed by atoms with Crippen molar-refractivity contribution in [3.8, 4) is 0 Å². The molecule has 0 aromatic carbocycles. The number of nitrogens with two attached hydrogens (primary N) is 1. The molecule has 0 aliphatic rings. The van der Waals surface area contributed by atoms with Gasteiger partial charge in [-0.3, -0.25) is 0 Å². The van der Waals surface area contributed by atoms with Gasteiger partial charge < -0.3 is 5.73 Å². The summed E-state index contributed by atoms with van der Waals surface area (Å²) in [7, 11) is 0. The minimum Gasteiger partial charge on any atom is -0.326 e. The fourth-order valence-corrected chi connectivity index (χ4v) is 2.75. The molecule has 0 atom stereocenters. The third kappa shape index (κ3) is 2.15. The number of hydrogen-bond acceptors (Lipinski definition) is 4. The van der Waals surface area contributed by atoms with E-state index in [-0.39, 0.29) is 0 Å². The Morgan fingerprint density at radius 1 is 1.38 bits per heavy atom. The summed E-state index contributed by atoms with van der Waals surface area (Å²) in [4.78, 5) is 5.58. The van der Waals surface area contributed by atoms with Crippen LogP contribution < -0.4 is 5.73 Å². The largest absolute Gasteiger partial charge is 0.326 e. The molecule has 2 aromatic heterocycles. The van der Waals surface area contributed by atoms with Crippen molar-refractivity contribution in [2.75, 3.05) is 0 Å². The van der Waals surface area contributed by atoms with Gasteiger partial charge >= 0.3 is 0 Å². The lowest BCUT2D eigenvalue weighted by molar-refractivity contribution is 1.07. The van der Waals surface area contributed by atoms with Crippen LogP contribution in [-0.4, -0.2) is 4.98 Å². The molecule has 2 heterocycles. The van der Waals surface area contributed by atoms with Crippen molar-refractivity contribution in [1.29, 1.82) is 0 Å². The maximum absolute atomic E-state index is 5.53. The molecule has 0 saturated heterocycles. The summed E-state index contributed by atoms with van der Waals surface area (Å²) in [5.41, 5.74) is 6.75. The van der Waals surface area contributed by atoms with E-state index in [1.165, 1.54) is 15.4 Å². The van der Waals surface area contributed by atoms with Crippen LogP contribution in [0.25, 0.3) is 0 Å². The van der Waals surface area contributed by atoms with Crippen LogP contribution in [0.3, 0.4) is 0 Å². The van der Waals surface area contributed by atoms with Crippen LogP contribution in [0.2, 0.25) is 0 Å². The summed E-state index contributed by atoms with van der Waals surface area (Å²) in [5.74, 6) is 0. The minimum absolute atomic E-state index is 0.633. The van der Waals surface area contributed by atoms with Crippen LogP contribution in [0.5, 0.6) is 0 Å². The lowest BCUT2D eigenvalue weighted by Crippen LogP contribution is -1.92. The van der Waals surface area contributed by atoms with Crippen LogP contribution in [0.15, 0.2) is 23.0 Å². The van der Waals surface area contributed by atoms with Crippen molar-refractivity contribution in [2.24, 2.45) is 5.73 Å². The maximum atomic E-state index is 5.53. The quantitative estimate of drug-likeness (QED) is 0.844. The zero-order valence-electron chi connectivity index (χ0n) is 7.06. The number of nitrogens with zero attached hydrogens (tertiary/aromatic N) is 1. The molecule has 0 amide bonds. The van der Waals surface area contributed by atoms with Gasteiger partial charge in [0, 0.05) is 29.4 Å². The number of thiophene rings is 1. The fraction of sp³-hybridized carbons (Fsp3) is 0.222. The Balaban J connectivity index is 2.10. The Bertz CT molecular complexity index is 365. The van der Waals surface area contributed by atoms with Crippen LogP contribution >= 0.6 is 22.7 Å². The second-order valence-corrected chi connectivity index (χ2v) is 4.70. The Morgan fingerprint density at radius 3 is 2.92 bits per heavy atom. The molecular formula is C9H10N2S2. The zero-order chi connectivity index (χ0) is 9.10. The predicted octanol–water partition coefficient (Wildman–Crippen LogP) is 2.25. The Kier molecular flexibility index (Phi) is 2.73. The summed E-state index contributed by atoms with van der Waals surface area (Å²) in [6.45, 7) is 0.633. The first-order valence-corrected chi connectivity index (χ1v) is 5.79. The number of thiazole rings is 1. The molecule has 0 fully saturated rings. The van der Waals surface area contributed by atoms with Crippen LogP contribution in [0.1, 0.15) is 15.4 Å². The summed E-state index contributed by atoms with van der Waals surface area (Å²) < 4.78 is 0. The normalized spacial score (nSPS) is 10.5. The molecular weight excluding hydrogens is 200 g/mol. The second kappa shape index (κ2) is 4.00. The van der Waals surface area contributed by atoms with E-state index in [1.807, 2.05) is 11.6 Å². The van der Waals surface area contributed by atoms with Gasteiger partial charge in [-0.05, 0) is 17.0 Å². The third-order valence-electron chi connectivity index (χ3n) is 1.75. The summed E-state index contributed by atoms with van der Waals surface area (Å²) in [6, 6.07) is 2.16. The van der Waals surface area contributed by atoms with Crippen LogP contribution in [-0.2, 0) is 13.0 Å². The second-order valence-electron chi connectivity index (χ2n) is 2.73. The number of rotatable bonds is 3. The molecule has 0 bridgehead atoms. The first-order chi connectivity index (χ1) is 6.38. The van der Waals surface area contributed by atoms with Gasteiger partial charge in [-0.1, -0.05) is 0 Å². The van der Waals surface area contributed by atoms with Gasteiger partial charge in [-0.2, -0.15) is 0 Å². The summed E-state index contributed by atoms with van der Waals surface area (Å²) in [6.07, 6.45) is 2.79. The Labute approximate surface area is 85.1 Å². The van der Waals surface area contributed by atoms with Gasteiger partial charge in [-0.15, -0.1) is 22.7 Å². The van der Waals surface area contributed by atoms with Crippen molar-refractivity contribution >= 4 is 22.7 Å². The monoisotopic (exact) mass is 210 g/mol. The standard InChI is InChI=1S/C9H10N2S2/c10-5-7-3-8(13-6-7)4-9-11-1-2-12-9/h1-3,6H,4-5,10H2. The molecule has 68 valence electrons. The highest BCUT2D eigenvalue weighted by molar-refractivity contribution is 7.11. The van der Waals surface area contributed by atoms with Gasteiger partial charge in [0.1, 0.15) is 0 Å². The van der Waals surface area contributed by atoms with Crippen molar-refractivity contribution < 1.29 is 0 Å². The predicted molar refractivity (Wildman–Crippen MR) is 57.1 cm³/mol. The average Bonchev–Trinajstić information content (AvgIpc) is 2.76. The molecule has 2 N–H and O–H groups in total.